The number of nitrogens with zero attached hydrogens (tertiary/aromatic N) is 2. The molecule has 19 heavy (non-hydrogen) atoms. The first kappa shape index (κ1) is 12.9. The van der Waals surface area contributed by atoms with E-state index in [1.165, 1.54) is 11.1 Å². The molecule has 3 rings (SSSR count). The molecule has 2 aliphatic heterocycles. The molecular weight excluding hydrogens is 238 g/mol. The normalized spacial score (nSPS) is 24.8. The van der Waals surface area contributed by atoms with Crippen LogP contribution >= 0.6 is 0 Å². The number of ether oxygens (including phenoxy) is 1. The van der Waals surface area contributed by atoms with E-state index in [1.54, 1.807) is 0 Å². The number of hydrogen-bond acceptors (Lipinski definition) is 4. The zero-order valence-electron chi connectivity index (χ0n) is 11.6. The molecule has 0 radical (unpaired) electrons. The summed E-state index contributed by atoms with van der Waals surface area (Å²) in [6, 6.07) is 6.52. The lowest BCUT2D eigenvalue weighted by Crippen LogP contribution is -2.44. The van der Waals surface area contributed by atoms with Crippen molar-refractivity contribution in [2.24, 2.45) is 5.73 Å². The second-order valence-electron chi connectivity index (χ2n) is 5.75. The van der Waals surface area contributed by atoms with Gasteiger partial charge in [0, 0.05) is 44.3 Å². The number of nitrogens with two attached hydrogens (primary N) is 1. The van der Waals surface area contributed by atoms with Crippen molar-refractivity contribution in [1.82, 2.24) is 9.80 Å². The quantitative estimate of drug-likeness (QED) is 0.851. The van der Waals surface area contributed by atoms with Crippen LogP contribution in [0.25, 0.3) is 0 Å². The Kier molecular flexibility index (Phi) is 3.73. The highest BCUT2D eigenvalue weighted by atomic mass is 16.5. The topological polar surface area (TPSA) is 41.7 Å². The zero-order chi connectivity index (χ0) is 13.2. The van der Waals surface area contributed by atoms with Gasteiger partial charge in [0.15, 0.2) is 0 Å². The summed E-state index contributed by atoms with van der Waals surface area (Å²) in [6.45, 7) is 6.27. The van der Waals surface area contributed by atoms with E-state index in [0.717, 1.165) is 44.9 Å². The van der Waals surface area contributed by atoms with Gasteiger partial charge in [-0.05, 0) is 25.1 Å². The minimum Gasteiger partial charge on any atom is -0.492 e. The van der Waals surface area contributed by atoms with E-state index in [0.29, 0.717) is 6.61 Å². The Hall–Kier alpha value is -1.10. The summed E-state index contributed by atoms with van der Waals surface area (Å²) in [5.74, 6) is 1.04. The van der Waals surface area contributed by atoms with Crippen LogP contribution in [0.4, 0.5) is 0 Å². The monoisotopic (exact) mass is 261 g/mol. The van der Waals surface area contributed by atoms with Crippen LogP contribution in [-0.4, -0.2) is 55.7 Å². The van der Waals surface area contributed by atoms with Gasteiger partial charge in [-0.2, -0.15) is 0 Å². The molecule has 1 aromatic carbocycles. The molecule has 0 unspecified atom stereocenters. The number of piperazine rings is 1. The molecule has 1 saturated heterocycles. The average molecular weight is 261 g/mol. The molecule has 0 spiro atoms. The Balaban J connectivity index is 1.74. The van der Waals surface area contributed by atoms with Crippen molar-refractivity contribution in [1.29, 1.82) is 0 Å². The lowest BCUT2D eigenvalue weighted by molar-refractivity contribution is 0.147. The molecule has 0 aromatic heterocycles. The molecule has 0 aliphatic carbocycles. The summed E-state index contributed by atoms with van der Waals surface area (Å²) in [5.41, 5.74) is 8.73. The van der Waals surface area contributed by atoms with Gasteiger partial charge in [0.1, 0.15) is 12.4 Å². The SMILES string of the molecule is CN1CCN(Cc2cccc3c2C[C@H](N)CO3)CC1. The molecule has 2 aliphatic rings. The van der Waals surface area contributed by atoms with Crippen molar-refractivity contribution in [2.75, 3.05) is 39.8 Å². The summed E-state index contributed by atoms with van der Waals surface area (Å²) in [5, 5.41) is 0. The number of likely N-dealkylation sites (N-methyl/N-ethyl adjacent to an activating group) is 1. The van der Waals surface area contributed by atoms with Gasteiger partial charge in [-0.15, -0.1) is 0 Å². The Labute approximate surface area is 115 Å². The highest BCUT2D eigenvalue weighted by molar-refractivity contribution is 5.42. The van der Waals surface area contributed by atoms with Crippen molar-refractivity contribution in [3.05, 3.63) is 29.3 Å². The molecular formula is C15H23N3O. The fraction of sp³-hybridized carbons (Fsp3) is 0.600. The van der Waals surface area contributed by atoms with Crippen molar-refractivity contribution in [3.63, 3.8) is 0 Å². The summed E-state index contributed by atoms with van der Waals surface area (Å²) in [7, 11) is 2.19. The van der Waals surface area contributed by atoms with Crippen molar-refractivity contribution < 1.29 is 4.74 Å². The standard InChI is InChI=1S/C15H23N3O/c1-17-5-7-18(8-6-17)10-12-3-2-4-15-14(12)9-13(16)11-19-15/h2-4,13H,5-11,16H2,1H3/t13-/m0/s1. The Morgan fingerprint density at radius 1 is 1.26 bits per heavy atom. The second-order valence-corrected chi connectivity index (χ2v) is 5.75. The molecule has 4 nitrogen and oxygen atoms in total. The highest BCUT2D eigenvalue weighted by Crippen LogP contribution is 2.28. The van der Waals surface area contributed by atoms with Crippen LogP contribution in [0, 0.1) is 0 Å². The molecule has 0 amide bonds. The fourth-order valence-electron chi connectivity index (χ4n) is 2.89. The maximum absolute atomic E-state index is 6.02. The van der Waals surface area contributed by atoms with Crippen LogP contribution in [0.2, 0.25) is 0 Å². The number of hydrogen-bond donors (Lipinski definition) is 1. The molecule has 4 heteroatoms. The lowest BCUT2D eigenvalue weighted by atomic mass is 9.97. The zero-order valence-corrected chi connectivity index (χ0v) is 11.6. The van der Waals surface area contributed by atoms with E-state index in [9.17, 15) is 0 Å². The third kappa shape index (κ3) is 2.91. The highest BCUT2D eigenvalue weighted by Gasteiger charge is 2.21. The molecule has 0 saturated carbocycles. The Bertz CT molecular complexity index is 441. The van der Waals surface area contributed by atoms with Crippen LogP contribution in [0.1, 0.15) is 11.1 Å². The van der Waals surface area contributed by atoms with E-state index in [4.69, 9.17) is 10.5 Å². The smallest absolute Gasteiger partial charge is 0.122 e. The molecule has 2 heterocycles. The first-order chi connectivity index (χ1) is 9.22. The van der Waals surface area contributed by atoms with Crippen LogP contribution in [-0.2, 0) is 13.0 Å². The number of benzene rings is 1. The predicted molar refractivity (Wildman–Crippen MR) is 76.4 cm³/mol. The van der Waals surface area contributed by atoms with Crippen LogP contribution in [0.15, 0.2) is 18.2 Å². The maximum Gasteiger partial charge on any atom is 0.122 e. The summed E-state index contributed by atoms with van der Waals surface area (Å²) in [6.07, 6.45) is 0.944. The maximum atomic E-state index is 6.02. The van der Waals surface area contributed by atoms with Gasteiger partial charge >= 0.3 is 0 Å². The molecule has 104 valence electrons. The van der Waals surface area contributed by atoms with Crippen molar-refractivity contribution in [2.45, 2.75) is 19.0 Å². The molecule has 1 atom stereocenters. The number of rotatable bonds is 2. The summed E-state index contributed by atoms with van der Waals surface area (Å²) in [4.78, 5) is 4.91. The van der Waals surface area contributed by atoms with E-state index >= 15 is 0 Å². The van der Waals surface area contributed by atoms with Gasteiger partial charge in [-0.1, -0.05) is 12.1 Å². The fourth-order valence-corrected chi connectivity index (χ4v) is 2.89. The molecule has 0 bridgehead atoms. The van der Waals surface area contributed by atoms with E-state index in [-0.39, 0.29) is 6.04 Å². The third-order valence-electron chi connectivity index (χ3n) is 4.14. The predicted octanol–water partition coefficient (Wildman–Crippen LogP) is 0.696. The van der Waals surface area contributed by atoms with Crippen LogP contribution in [0.5, 0.6) is 5.75 Å². The first-order valence-corrected chi connectivity index (χ1v) is 7.12. The summed E-state index contributed by atoms with van der Waals surface area (Å²) < 4.78 is 5.73. The van der Waals surface area contributed by atoms with Crippen molar-refractivity contribution in [3.8, 4) is 5.75 Å². The van der Waals surface area contributed by atoms with Gasteiger partial charge < -0.3 is 15.4 Å². The van der Waals surface area contributed by atoms with Gasteiger partial charge in [0.25, 0.3) is 0 Å². The molecule has 2 N–H and O–H groups in total. The number of fused-ring (bicyclic) bond motifs is 1. The third-order valence-corrected chi connectivity index (χ3v) is 4.14. The van der Waals surface area contributed by atoms with Crippen LogP contribution < -0.4 is 10.5 Å². The minimum absolute atomic E-state index is 0.140. The Morgan fingerprint density at radius 3 is 2.84 bits per heavy atom. The van der Waals surface area contributed by atoms with Gasteiger partial charge in [-0.25, -0.2) is 0 Å². The van der Waals surface area contributed by atoms with E-state index in [2.05, 4.69) is 35.0 Å². The molecule has 1 aromatic rings. The van der Waals surface area contributed by atoms with Gasteiger partial charge in [0.05, 0.1) is 0 Å². The average Bonchev–Trinajstić information content (AvgIpc) is 2.42. The Morgan fingerprint density at radius 2 is 2.05 bits per heavy atom. The van der Waals surface area contributed by atoms with Crippen molar-refractivity contribution >= 4 is 0 Å². The lowest BCUT2D eigenvalue weighted by Gasteiger charge is -2.33. The second kappa shape index (κ2) is 5.49. The van der Waals surface area contributed by atoms with E-state index in [1.807, 2.05) is 0 Å². The largest absolute Gasteiger partial charge is 0.492 e. The summed E-state index contributed by atoms with van der Waals surface area (Å²) >= 11 is 0. The molecule has 1 fully saturated rings. The van der Waals surface area contributed by atoms with E-state index < -0.39 is 0 Å². The van der Waals surface area contributed by atoms with Crippen LogP contribution in [0.3, 0.4) is 0 Å². The van der Waals surface area contributed by atoms with Gasteiger partial charge in [0.2, 0.25) is 0 Å². The minimum atomic E-state index is 0.140. The first-order valence-electron chi connectivity index (χ1n) is 7.12. The van der Waals surface area contributed by atoms with Gasteiger partial charge in [-0.3, -0.25) is 4.90 Å².